The Labute approximate surface area is 152 Å². The number of piperazine rings is 1. The quantitative estimate of drug-likeness (QED) is 0.878. The summed E-state index contributed by atoms with van der Waals surface area (Å²) in [6, 6.07) is 7.84. The molecule has 134 valence electrons. The lowest BCUT2D eigenvalue weighted by Gasteiger charge is -2.36. The second kappa shape index (κ2) is 7.14. The number of nitrogen functional groups attached to an aromatic ring is 1. The van der Waals surface area contributed by atoms with Crippen LogP contribution in [0.25, 0.3) is 0 Å². The highest BCUT2D eigenvalue weighted by molar-refractivity contribution is 5.48. The topological polar surface area (TPSA) is 104 Å². The van der Waals surface area contributed by atoms with E-state index in [2.05, 4.69) is 30.8 Å². The van der Waals surface area contributed by atoms with Gasteiger partial charge in [0.2, 0.25) is 5.95 Å². The van der Waals surface area contributed by atoms with Crippen LogP contribution < -0.4 is 15.5 Å². The van der Waals surface area contributed by atoms with Gasteiger partial charge in [0.25, 0.3) is 0 Å². The Balaban J connectivity index is 1.45. The maximum absolute atomic E-state index is 8.88. The van der Waals surface area contributed by atoms with Crippen LogP contribution in [0.15, 0.2) is 24.4 Å². The molecule has 8 heteroatoms. The normalized spacial score (nSPS) is 20.2. The van der Waals surface area contributed by atoms with Crippen LogP contribution in [0.3, 0.4) is 0 Å². The lowest BCUT2D eigenvalue weighted by molar-refractivity contribution is 0.193. The summed E-state index contributed by atoms with van der Waals surface area (Å²) in [7, 11) is 0. The molecule has 0 aromatic carbocycles. The third-order valence-corrected chi connectivity index (χ3v) is 4.90. The first-order valence-electron chi connectivity index (χ1n) is 8.81. The number of ether oxygens (including phenoxy) is 1. The van der Waals surface area contributed by atoms with Crippen LogP contribution in [-0.2, 0) is 4.74 Å². The summed E-state index contributed by atoms with van der Waals surface area (Å²) < 4.78 is 5.47. The minimum absolute atomic E-state index is 0.309. The molecular formula is C18H21N7O. The second-order valence-corrected chi connectivity index (χ2v) is 6.56. The number of nitriles is 1. The molecule has 2 aliphatic rings. The Morgan fingerprint density at radius 3 is 2.50 bits per heavy atom. The number of rotatable bonds is 3. The molecule has 0 aliphatic carbocycles. The lowest BCUT2D eigenvalue weighted by Crippen LogP contribution is -2.47. The molecule has 4 rings (SSSR count). The van der Waals surface area contributed by atoms with E-state index < -0.39 is 0 Å². The van der Waals surface area contributed by atoms with E-state index in [1.54, 1.807) is 12.3 Å². The molecule has 8 nitrogen and oxygen atoms in total. The van der Waals surface area contributed by atoms with E-state index in [1.165, 1.54) is 0 Å². The van der Waals surface area contributed by atoms with E-state index >= 15 is 0 Å². The van der Waals surface area contributed by atoms with Gasteiger partial charge in [0.05, 0.1) is 17.9 Å². The zero-order valence-corrected chi connectivity index (χ0v) is 14.5. The molecule has 26 heavy (non-hydrogen) atoms. The van der Waals surface area contributed by atoms with Crippen molar-refractivity contribution in [2.24, 2.45) is 0 Å². The SMILES string of the molecule is N#Cc1ccc(N2CCN(c3cc([C@H]4CCOC4)nc(N)n3)CC2)nc1. The molecule has 1 atom stereocenters. The van der Waals surface area contributed by atoms with Crippen LogP contribution in [0.5, 0.6) is 0 Å². The van der Waals surface area contributed by atoms with Crippen LogP contribution in [0.1, 0.15) is 23.6 Å². The Kier molecular flexibility index (Phi) is 4.54. The Morgan fingerprint density at radius 2 is 1.88 bits per heavy atom. The van der Waals surface area contributed by atoms with Gasteiger partial charge in [-0.25, -0.2) is 9.97 Å². The number of pyridine rings is 1. The van der Waals surface area contributed by atoms with Gasteiger partial charge in [-0.15, -0.1) is 0 Å². The van der Waals surface area contributed by atoms with Crippen molar-refractivity contribution >= 4 is 17.6 Å². The van der Waals surface area contributed by atoms with Crippen molar-refractivity contribution < 1.29 is 4.74 Å². The zero-order valence-electron chi connectivity index (χ0n) is 14.5. The van der Waals surface area contributed by atoms with Crippen molar-refractivity contribution in [1.82, 2.24) is 15.0 Å². The highest BCUT2D eigenvalue weighted by Gasteiger charge is 2.24. The Bertz CT molecular complexity index is 803. The van der Waals surface area contributed by atoms with E-state index in [4.69, 9.17) is 15.7 Å². The molecule has 0 bridgehead atoms. The van der Waals surface area contributed by atoms with Gasteiger partial charge >= 0.3 is 0 Å². The highest BCUT2D eigenvalue weighted by Crippen LogP contribution is 2.27. The maximum Gasteiger partial charge on any atom is 0.222 e. The van der Waals surface area contributed by atoms with Crippen molar-refractivity contribution in [1.29, 1.82) is 5.26 Å². The van der Waals surface area contributed by atoms with Crippen LogP contribution in [-0.4, -0.2) is 54.3 Å². The average molecular weight is 351 g/mol. The fraction of sp³-hybridized carbons (Fsp3) is 0.444. The fourth-order valence-corrected chi connectivity index (χ4v) is 3.41. The summed E-state index contributed by atoms with van der Waals surface area (Å²) in [5, 5.41) is 8.88. The van der Waals surface area contributed by atoms with E-state index in [-0.39, 0.29) is 0 Å². The number of hydrogen-bond donors (Lipinski definition) is 1. The van der Waals surface area contributed by atoms with Crippen molar-refractivity contribution in [3.63, 3.8) is 0 Å². The first-order chi connectivity index (χ1) is 12.7. The van der Waals surface area contributed by atoms with Gasteiger partial charge in [-0.3, -0.25) is 0 Å². The number of nitrogens with zero attached hydrogens (tertiary/aromatic N) is 6. The molecule has 0 spiro atoms. The van der Waals surface area contributed by atoms with Gasteiger partial charge in [-0.2, -0.15) is 10.2 Å². The second-order valence-electron chi connectivity index (χ2n) is 6.56. The smallest absolute Gasteiger partial charge is 0.222 e. The number of anilines is 3. The van der Waals surface area contributed by atoms with Crippen molar-refractivity contribution in [2.45, 2.75) is 12.3 Å². The fourth-order valence-electron chi connectivity index (χ4n) is 3.41. The molecule has 2 aromatic heterocycles. The molecule has 0 amide bonds. The van der Waals surface area contributed by atoms with Crippen LogP contribution in [0.4, 0.5) is 17.6 Å². The van der Waals surface area contributed by atoms with Gasteiger partial charge in [-0.1, -0.05) is 0 Å². The third-order valence-electron chi connectivity index (χ3n) is 4.90. The summed E-state index contributed by atoms with van der Waals surface area (Å²) in [5.41, 5.74) is 7.49. The van der Waals surface area contributed by atoms with Gasteiger partial charge in [0, 0.05) is 51.0 Å². The van der Waals surface area contributed by atoms with Crippen LogP contribution in [0.2, 0.25) is 0 Å². The monoisotopic (exact) mass is 351 g/mol. The van der Waals surface area contributed by atoms with Crippen LogP contribution >= 0.6 is 0 Å². The summed E-state index contributed by atoms with van der Waals surface area (Å²) >= 11 is 0. The molecule has 0 radical (unpaired) electrons. The minimum atomic E-state index is 0.309. The predicted octanol–water partition coefficient (Wildman–Crippen LogP) is 1.16. The molecule has 0 unspecified atom stereocenters. The van der Waals surface area contributed by atoms with Gasteiger partial charge in [0.15, 0.2) is 0 Å². The molecule has 2 aliphatic heterocycles. The minimum Gasteiger partial charge on any atom is -0.381 e. The summed E-state index contributed by atoms with van der Waals surface area (Å²) in [5.74, 6) is 2.41. The lowest BCUT2D eigenvalue weighted by atomic mass is 10.0. The number of nitrogens with two attached hydrogens (primary N) is 1. The van der Waals surface area contributed by atoms with E-state index in [1.807, 2.05) is 12.1 Å². The van der Waals surface area contributed by atoms with Gasteiger partial charge in [-0.05, 0) is 18.6 Å². The number of hydrogen-bond acceptors (Lipinski definition) is 8. The van der Waals surface area contributed by atoms with Crippen molar-refractivity contribution in [2.75, 3.05) is 54.9 Å². The third kappa shape index (κ3) is 3.39. The summed E-state index contributed by atoms with van der Waals surface area (Å²) in [6.07, 6.45) is 2.59. The molecular weight excluding hydrogens is 330 g/mol. The van der Waals surface area contributed by atoms with Gasteiger partial charge < -0.3 is 20.3 Å². The van der Waals surface area contributed by atoms with Crippen molar-refractivity contribution in [3.05, 3.63) is 35.7 Å². The van der Waals surface area contributed by atoms with Crippen molar-refractivity contribution in [3.8, 4) is 6.07 Å². The first-order valence-corrected chi connectivity index (χ1v) is 8.81. The standard InChI is InChI=1S/C18H21N7O/c19-10-13-1-2-16(21-11-13)24-4-6-25(7-5-24)17-9-15(22-18(20)23-17)14-3-8-26-12-14/h1-2,9,11,14H,3-8,12H2,(H2,20,22,23)/t14-/m0/s1. The molecule has 4 heterocycles. The summed E-state index contributed by atoms with van der Waals surface area (Å²) in [4.78, 5) is 17.7. The van der Waals surface area contributed by atoms with E-state index in [0.717, 1.165) is 56.5 Å². The predicted molar refractivity (Wildman–Crippen MR) is 98.0 cm³/mol. The molecule has 2 N–H and O–H groups in total. The molecule has 2 fully saturated rings. The van der Waals surface area contributed by atoms with E-state index in [9.17, 15) is 0 Å². The highest BCUT2D eigenvalue weighted by atomic mass is 16.5. The number of aromatic nitrogens is 3. The average Bonchev–Trinajstić information content (AvgIpc) is 3.23. The zero-order chi connectivity index (χ0) is 17.9. The van der Waals surface area contributed by atoms with Gasteiger partial charge in [0.1, 0.15) is 17.7 Å². The molecule has 2 saturated heterocycles. The molecule has 2 aromatic rings. The first kappa shape index (κ1) is 16.5. The summed E-state index contributed by atoms with van der Waals surface area (Å²) in [6.45, 7) is 4.82. The maximum atomic E-state index is 8.88. The largest absolute Gasteiger partial charge is 0.381 e. The van der Waals surface area contributed by atoms with Crippen LogP contribution in [0, 0.1) is 11.3 Å². The Morgan fingerprint density at radius 1 is 1.12 bits per heavy atom. The Hall–Kier alpha value is -2.92. The van der Waals surface area contributed by atoms with E-state index in [0.29, 0.717) is 24.0 Å². The molecule has 0 saturated carbocycles.